The fraction of sp³-hybridized carbons (Fsp3) is 0.387. The van der Waals surface area contributed by atoms with Crippen LogP contribution in [0.15, 0.2) is 84.9 Å². The van der Waals surface area contributed by atoms with E-state index in [1.807, 2.05) is 36.4 Å². The third-order valence-electron chi connectivity index (χ3n) is 7.73. The van der Waals surface area contributed by atoms with Gasteiger partial charge in [0.05, 0.1) is 16.9 Å². The molecular formula is C31H36F3N3O5Si. The van der Waals surface area contributed by atoms with Crippen molar-refractivity contribution >= 4 is 30.5 Å². The number of hydrogen-bond acceptors (Lipinski definition) is 6. The number of halogens is 3. The summed E-state index contributed by atoms with van der Waals surface area (Å²) < 4.78 is 53.7. The lowest BCUT2D eigenvalue weighted by Gasteiger charge is -2.43. The highest BCUT2D eigenvalue weighted by atomic mass is 28.4. The van der Waals surface area contributed by atoms with Gasteiger partial charge in [-0.3, -0.25) is 10.1 Å². The molecule has 8 nitrogen and oxygen atoms in total. The van der Waals surface area contributed by atoms with Gasteiger partial charge in [0.15, 0.2) is 0 Å². The number of carbonyl (C=O) groups is 1. The highest BCUT2D eigenvalue weighted by Gasteiger charge is 2.51. The van der Waals surface area contributed by atoms with Crippen LogP contribution in [-0.4, -0.2) is 62.7 Å². The van der Waals surface area contributed by atoms with Gasteiger partial charge in [-0.2, -0.15) is 13.2 Å². The van der Waals surface area contributed by atoms with E-state index in [1.54, 1.807) is 4.90 Å². The third kappa shape index (κ3) is 7.62. The number of nitrogens with zero attached hydrogens (tertiary/aromatic N) is 2. The smallest absolute Gasteiger partial charge is 0.410 e. The van der Waals surface area contributed by atoms with Gasteiger partial charge in [-0.15, -0.1) is 0 Å². The molecule has 3 aromatic carbocycles. The summed E-state index contributed by atoms with van der Waals surface area (Å²) in [5.41, 5.74) is -0.199. The van der Waals surface area contributed by atoms with E-state index in [0.717, 1.165) is 22.5 Å². The first-order chi connectivity index (χ1) is 20.3. The summed E-state index contributed by atoms with van der Waals surface area (Å²) in [5.74, 6) is -1.78. The molecule has 3 aromatic rings. The zero-order valence-electron chi connectivity index (χ0n) is 24.3. The molecule has 1 aliphatic rings. The Morgan fingerprint density at radius 3 is 2.00 bits per heavy atom. The molecule has 1 saturated heterocycles. The SMILES string of the molecule is CC(C)(C)[Si](OCCCN1CC(NC(=O)Oc2ccc([N+](=O)[O-])cc2)C(C(F)(F)F)C1)(c1ccccc1)c1ccccc1. The van der Waals surface area contributed by atoms with Gasteiger partial charge >= 0.3 is 12.3 Å². The number of nitrogens with one attached hydrogen (secondary N) is 1. The summed E-state index contributed by atoms with van der Waals surface area (Å²) in [6, 6.07) is 23.8. The van der Waals surface area contributed by atoms with Crippen LogP contribution in [0.4, 0.5) is 23.7 Å². The molecule has 4 rings (SSSR count). The molecule has 0 bridgehead atoms. The molecule has 2 atom stereocenters. The highest BCUT2D eigenvalue weighted by molar-refractivity contribution is 6.99. The zero-order chi connectivity index (χ0) is 31.3. The minimum absolute atomic E-state index is 0.00124. The van der Waals surface area contributed by atoms with Crippen LogP contribution in [-0.2, 0) is 4.43 Å². The van der Waals surface area contributed by atoms with Crippen molar-refractivity contribution in [2.45, 2.75) is 44.4 Å². The van der Waals surface area contributed by atoms with E-state index in [9.17, 15) is 28.1 Å². The quantitative estimate of drug-likeness (QED) is 0.140. The Bertz CT molecular complexity index is 1330. The fourth-order valence-electron chi connectivity index (χ4n) is 5.74. The standard InChI is InChI=1S/C31H36F3N3O5Si/c1-30(2,3)43(25-11-6-4-7-12-25,26-13-8-5-9-14-26)41-20-10-19-36-21-27(31(32,33)34)28(22-36)35-29(38)42-24-17-15-23(16-18-24)37(39)40/h4-9,11-18,27-28H,10,19-22H2,1-3H3,(H,35,38). The predicted molar refractivity (Wildman–Crippen MR) is 160 cm³/mol. The number of ether oxygens (including phenoxy) is 1. The summed E-state index contributed by atoms with van der Waals surface area (Å²) in [7, 11) is -2.76. The highest BCUT2D eigenvalue weighted by Crippen LogP contribution is 2.37. The number of rotatable bonds is 10. The van der Waals surface area contributed by atoms with E-state index >= 15 is 0 Å². The molecule has 1 heterocycles. The Labute approximate surface area is 250 Å². The van der Waals surface area contributed by atoms with Crippen LogP contribution in [0.1, 0.15) is 27.2 Å². The van der Waals surface area contributed by atoms with E-state index in [4.69, 9.17) is 9.16 Å². The largest absolute Gasteiger partial charge is 0.412 e. The molecule has 1 N–H and O–H groups in total. The maximum atomic E-state index is 13.9. The number of benzene rings is 3. The number of hydrogen-bond donors (Lipinski definition) is 1. The van der Waals surface area contributed by atoms with E-state index in [2.05, 4.69) is 50.4 Å². The van der Waals surface area contributed by atoms with Gasteiger partial charge in [0.1, 0.15) is 5.75 Å². The van der Waals surface area contributed by atoms with Crippen LogP contribution in [0.3, 0.4) is 0 Å². The molecule has 0 radical (unpaired) electrons. The van der Waals surface area contributed by atoms with Gasteiger partial charge in [-0.05, 0) is 34.0 Å². The van der Waals surface area contributed by atoms with Crippen LogP contribution < -0.4 is 20.4 Å². The van der Waals surface area contributed by atoms with E-state index < -0.39 is 37.5 Å². The maximum absolute atomic E-state index is 13.9. The van der Waals surface area contributed by atoms with Gasteiger partial charge in [0.25, 0.3) is 14.0 Å². The average molecular weight is 616 g/mol. The summed E-state index contributed by atoms with van der Waals surface area (Å²) in [4.78, 5) is 24.3. The molecule has 230 valence electrons. The molecular weight excluding hydrogens is 579 g/mol. The lowest BCUT2D eigenvalue weighted by molar-refractivity contribution is -0.384. The molecule has 0 aliphatic carbocycles. The van der Waals surface area contributed by atoms with E-state index in [-0.39, 0.29) is 29.6 Å². The Balaban J connectivity index is 1.41. The monoisotopic (exact) mass is 615 g/mol. The topological polar surface area (TPSA) is 93.9 Å². The molecule has 0 saturated carbocycles. The molecule has 1 amide bonds. The van der Waals surface area contributed by atoms with E-state index in [0.29, 0.717) is 19.6 Å². The average Bonchev–Trinajstić information content (AvgIpc) is 3.36. The van der Waals surface area contributed by atoms with Crippen molar-refractivity contribution in [3.8, 4) is 5.75 Å². The zero-order valence-corrected chi connectivity index (χ0v) is 25.3. The molecule has 1 fully saturated rings. The Morgan fingerprint density at radius 2 is 1.51 bits per heavy atom. The number of carbonyl (C=O) groups excluding carboxylic acids is 1. The molecule has 2 unspecified atom stereocenters. The molecule has 43 heavy (non-hydrogen) atoms. The van der Waals surface area contributed by atoms with Crippen molar-refractivity contribution in [3.05, 3.63) is 95.0 Å². The maximum Gasteiger partial charge on any atom is 0.412 e. The van der Waals surface area contributed by atoms with Gasteiger partial charge in [-0.1, -0.05) is 81.4 Å². The van der Waals surface area contributed by atoms with Crippen LogP contribution in [0.25, 0.3) is 0 Å². The Kier molecular flexibility index (Phi) is 9.93. The van der Waals surface area contributed by atoms with Crippen molar-refractivity contribution < 1.29 is 32.1 Å². The number of nitro groups is 1. The lowest BCUT2D eigenvalue weighted by Crippen LogP contribution is -2.66. The third-order valence-corrected chi connectivity index (χ3v) is 12.8. The summed E-state index contributed by atoms with van der Waals surface area (Å²) in [5, 5.41) is 15.2. The summed E-state index contributed by atoms with van der Waals surface area (Å²) >= 11 is 0. The van der Waals surface area contributed by atoms with Crippen LogP contribution >= 0.6 is 0 Å². The molecule has 0 spiro atoms. The summed E-state index contributed by atoms with van der Waals surface area (Å²) in [6.07, 6.45) is -5.06. The lowest BCUT2D eigenvalue weighted by atomic mass is 10.0. The number of likely N-dealkylation sites (tertiary alicyclic amines) is 1. The second-order valence-electron chi connectivity index (χ2n) is 11.7. The normalized spacial score (nSPS) is 17.9. The van der Waals surface area contributed by atoms with Crippen molar-refractivity contribution in [2.24, 2.45) is 5.92 Å². The van der Waals surface area contributed by atoms with Crippen molar-refractivity contribution in [1.29, 1.82) is 0 Å². The second-order valence-corrected chi connectivity index (χ2v) is 16.0. The minimum atomic E-state index is -4.52. The first-order valence-corrected chi connectivity index (χ1v) is 16.0. The van der Waals surface area contributed by atoms with Crippen LogP contribution in [0.5, 0.6) is 5.75 Å². The minimum Gasteiger partial charge on any atom is -0.410 e. The Morgan fingerprint density at radius 1 is 0.953 bits per heavy atom. The van der Waals surface area contributed by atoms with E-state index in [1.165, 1.54) is 12.1 Å². The Hall–Kier alpha value is -3.74. The van der Waals surface area contributed by atoms with Gasteiger partial charge in [0.2, 0.25) is 0 Å². The number of non-ortho nitro benzene ring substituents is 1. The van der Waals surface area contributed by atoms with Crippen LogP contribution in [0.2, 0.25) is 5.04 Å². The van der Waals surface area contributed by atoms with Crippen LogP contribution in [0, 0.1) is 16.0 Å². The first-order valence-electron chi connectivity index (χ1n) is 14.1. The predicted octanol–water partition coefficient (Wildman–Crippen LogP) is 5.51. The molecule has 0 aromatic heterocycles. The summed E-state index contributed by atoms with van der Waals surface area (Å²) in [6.45, 7) is 6.96. The molecule has 12 heteroatoms. The van der Waals surface area contributed by atoms with Crippen molar-refractivity contribution in [2.75, 3.05) is 26.2 Å². The number of alkyl halides is 3. The number of amides is 1. The van der Waals surface area contributed by atoms with Crippen molar-refractivity contribution in [1.82, 2.24) is 10.2 Å². The number of nitro benzene ring substituents is 1. The first kappa shape index (κ1) is 32.2. The fourth-order valence-corrected chi connectivity index (χ4v) is 10.4. The van der Waals surface area contributed by atoms with Gasteiger partial charge < -0.3 is 19.4 Å². The second kappa shape index (κ2) is 13.3. The van der Waals surface area contributed by atoms with Gasteiger partial charge in [0, 0.05) is 38.4 Å². The van der Waals surface area contributed by atoms with Gasteiger partial charge in [-0.25, -0.2) is 4.79 Å². The molecule has 1 aliphatic heterocycles. The van der Waals surface area contributed by atoms with Crippen molar-refractivity contribution in [3.63, 3.8) is 0 Å².